The van der Waals surface area contributed by atoms with E-state index in [-0.39, 0.29) is 18.0 Å². The molecule has 0 N–H and O–H groups in total. The van der Waals surface area contributed by atoms with Gasteiger partial charge in [0.2, 0.25) is 0 Å². The Balaban J connectivity index is 1.65. The number of esters is 1. The average Bonchev–Trinajstić information content (AvgIpc) is 2.68. The first-order valence-electron chi connectivity index (χ1n) is 9.82. The Morgan fingerprint density at radius 2 is 1.61 bits per heavy atom. The van der Waals surface area contributed by atoms with Gasteiger partial charge in [0.1, 0.15) is 11.5 Å². The molecule has 1 heterocycles. The van der Waals surface area contributed by atoms with E-state index in [2.05, 4.69) is 0 Å². The van der Waals surface area contributed by atoms with Gasteiger partial charge in [-0.15, -0.1) is 0 Å². The number of ether oxygens (including phenoxy) is 2. The highest BCUT2D eigenvalue weighted by molar-refractivity contribution is 5.92. The van der Waals surface area contributed by atoms with Crippen molar-refractivity contribution in [2.45, 2.75) is 58.2 Å². The molecule has 148 valence electrons. The van der Waals surface area contributed by atoms with Crippen LogP contribution < -0.4 is 4.74 Å². The van der Waals surface area contributed by atoms with E-state index in [0.29, 0.717) is 17.1 Å². The van der Waals surface area contributed by atoms with Gasteiger partial charge in [0, 0.05) is 12.1 Å². The number of amides is 1. The molecule has 0 aromatic heterocycles. The fourth-order valence-electron chi connectivity index (χ4n) is 3.66. The fraction of sp³-hybridized carbons (Fsp3) is 0.391. The lowest BCUT2D eigenvalue weighted by Crippen LogP contribution is -2.51. The summed E-state index contributed by atoms with van der Waals surface area (Å²) in [5.41, 5.74) is 0.354. The number of carbonyl (C=O) groups is 2. The van der Waals surface area contributed by atoms with Gasteiger partial charge in [0.05, 0.1) is 5.56 Å². The fourth-order valence-corrected chi connectivity index (χ4v) is 3.66. The Labute approximate surface area is 166 Å². The van der Waals surface area contributed by atoms with Crippen LogP contribution in [0.1, 0.15) is 50.4 Å². The highest BCUT2D eigenvalue weighted by atomic mass is 16.5. The molecule has 0 unspecified atom stereocenters. The van der Waals surface area contributed by atoms with E-state index in [1.807, 2.05) is 49.1 Å². The molecule has 5 nitrogen and oxygen atoms in total. The number of benzene rings is 2. The number of nitrogens with zero attached hydrogens (tertiary/aromatic N) is 1. The predicted molar refractivity (Wildman–Crippen MR) is 107 cm³/mol. The Morgan fingerprint density at radius 3 is 2.29 bits per heavy atom. The third kappa shape index (κ3) is 4.71. The molecule has 0 radical (unpaired) electrons. The summed E-state index contributed by atoms with van der Waals surface area (Å²) in [6.07, 6.45) is 2.26. The van der Waals surface area contributed by atoms with Gasteiger partial charge < -0.3 is 14.4 Å². The van der Waals surface area contributed by atoms with E-state index in [9.17, 15) is 9.59 Å². The third-order valence-electron chi connectivity index (χ3n) is 5.13. The van der Waals surface area contributed by atoms with Crippen LogP contribution >= 0.6 is 0 Å². The van der Waals surface area contributed by atoms with E-state index in [1.165, 1.54) is 0 Å². The Kier molecular flexibility index (Phi) is 6.34. The molecule has 1 aliphatic rings. The van der Waals surface area contributed by atoms with Gasteiger partial charge in [-0.2, -0.15) is 0 Å². The zero-order valence-electron chi connectivity index (χ0n) is 16.6. The summed E-state index contributed by atoms with van der Waals surface area (Å²) in [6.45, 7) is 5.73. The molecular formula is C23H27NO4. The van der Waals surface area contributed by atoms with Crippen molar-refractivity contribution >= 4 is 11.9 Å². The van der Waals surface area contributed by atoms with Crippen LogP contribution in [0, 0.1) is 0 Å². The minimum atomic E-state index is -0.825. The zero-order valence-corrected chi connectivity index (χ0v) is 16.6. The molecule has 5 heteroatoms. The number of piperidine rings is 1. The van der Waals surface area contributed by atoms with Crippen molar-refractivity contribution in [1.29, 1.82) is 0 Å². The molecule has 0 saturated carbocycles. The maximum absolute atomic E-state index is 12.8. The van der Waals surface area contributed by atoms with Crippen LogP contribution in [0.2, 0.25) is 0 Å². The van der Waals surface area contributed by atoms with Crippen LogP contribution in [0.15, 0.2) is 54.6 Å². The number of carbonyl (C=O) groups excluding carboxylic acids is 2. The monoisotopic (exact) mass is 381 g/mol. The molecule has 0 spiro atoms. The number of hydrogen-bond donors (Lipinski definition) is 0. The van der Waals surface area contributed by atoms with Crippen molar-refractivity contribution in [3.05, 3.63) is 60.2 Å². The molecule has 2 aromatic rings. The van der Waals surface area contributed by atoms with Crippen LogP contribution in [-0.4, -0.2) is 35.0 Å². The SMILES string of the molecule is C[C@@H]1CCC[C@@H](C)N1C(=O)[C@@H](C)OC(=O)c1cccc(Oc2ccccc2)c1. The van der Waals surface area contributed by atoms with E-state index in [4.69, 9.17) is 9.47 Å². The summed E-state index contributed by atoms with van der Waals surface area (Å²) in [5.74, 6) is 0.559. The van der Waals surface area contributed by atoms with Crippen LogP contribution in [0.5, 0.6) is 11.5 Å². The minimum absolute atomic E-state index is 0.134. The van der Waals surface area contributed by atoms with Crippen LogP contribution in [0.4, 0.5) is 0 Å². The molecular weight excluding hydrogens is 354 g/mol. The quantitative estimate of drug-likeness (QED) is 0.697. The van der Waals surface area contributed by atoms with E-state index in [1.54, 1.807) is 31.2 Å². The van der Waals surface area contributed by atoms with E-state index in [0.717, 1.165) is 19.3 Å². The van der Waals surface area contributed by atoms with Crippen LogP contribution in [0.3, 0.4) is 0 Å². The van der Waals surface area contributed by atoms with E-state index >= 15 is 0 Å². The van der Waals surface area contributed by atoms with Crippen molar-refractivity contribution < 1.29 is 19.1 Å². The second-order valence-corrected chi connectivity index (χ2v) is 7.36. The van der Waals surface area contributed by atoms with Crippen molar-refractivity contribution in [2.75, 3.05) is 0 Å². The normalized spacial score (nSPS) is 20.3. The van der Waals surface area contributed by atoms with Crippen molar-refractivity contribution in [2.24, 2.45) is 0 Å². The Hall–Kier alpha value is -2.82. The Bertz CT molecular complexity index is 810. The maximum atomic E-state index is 12.8. The predicted octanol–water partition coefficient (Wildman–Crippen LogP) is 4.81. The van der Waals surface area contributed by atoms with Gasteiger partial charge in [-0.05, 0) is 70.4 Å². The molecule has 0 bridgehead atoms. The first-order chi connectivity index (χ1) is 13.5. The largest absolute Gasteiger partial charge is 0.457 e. The van der Waals surface area contributed by atoms with Gasteiger partial charge in [0.15, 0.2) is 6.10 Å². The maximum Gasteiger partial charge on any atom is 0.339 e. The topological polar surface area (TPSA) is 55.8 Å². The first-order valence-corrected chi connectivity index (χ1v) is 9.82. The number of hydrogen-bond acceptors (Lipinski definition) is 4. The second kappa shape index (κ2) is 8.91. The summed E-state index contributed by atoms with van der Waals surface area (Å²) in [7, 11) is 0. The van der Waals surface area contributed by atoms with Gasteiger partial charge >= 0.3 is 5.97 Å². The van der Waals surface area contributed by atoms with Gasteiger partial charge in [-0.25, -0.2) is 4.79 Å². The molecule has 3 atom stereocenters. The lowest BCUT2D eigenvalue weighted by Gasteiger charge is -2.40. The molecule has 1 saturated heterocycles. The van der Waals surface area contributed by atoms with Gasteiger partial charge in [-0.1, -0.05) is 24.3 Å². The van der Waals surface area contributed by atoms with Crippen LogP contribution in [-0.2, 0) is 9.53 Å². The lowest BCUT2D eigenvalue weighted by atomic mass is 9.97. The third-order valence-corrected chi connectivity index (χ3v) is 5.13. The van der Waals surface area contributed by atoms with Gasteiger partial charge in [-0.3, -0.25) is 4.79 Å². The molecule has 0 aliphatic carbocycles. The standard InChI is InChI=1S/C23H27NO4/c1-16-9-7-10-17(2)24(16)22(25)18(3)27-23(26)19-11-8-14-21(15-19)28-20-12-5-4-6-13-20/h4-6,8,11-18H,7,9-10H2,1-3H3/t16-,17-,18-/m1/s1. The lowest BCUT2D eigenvalue weighted by molar-refractivity contribution is -0.146. The first kappa shape index (κ1) is 19.9. The highest BCUT2D eigenvalue weighted by Gasteiger charge is 2.33. The minimum Gasteiger partial charge on any atom is -0.457 e. The molecule has 1 fully saturated rings. The molecule has 28 heavy (non-hydrogen) atoms. The summed E-state index contributed by atoms with van der Waals surface area (Å²) in [4.78, 5) is 27.2. The highest BCUT2D eigenvalue weighted by Crippen LogP contribution is 2.25. The molecule has 1 aliphatic heterocycles. The van der Waals surface area contributed by atoms with Crippen molar-refractivity contribution in [3.8, 4) is 11.5 Å². The average molecular weight is 381 g/mol. The summed E-state index contributed by atoms with van der Waals surface area (Å²) >= 11 is 0. The van der Waals surface area contributed by atoms with Crippen molar-refractivity contribution in [1.82, 2.24) is 4.90 Å². The van der Waals surface area contributed by atoms with Crippen LogP contribution in [0.25, 0.3) is 0 Å². The second-order valence-electron chi connectivity index (χ2n) is 7.36. The molecule has 2 aromatic carbocycles. The van der Waals surface area contributed by atoms with Gasteiger partial charge in [0.25, 0.3) is 5.91 Å². The summed E-state index contributed by atoms with van der Waals surface area (Å²) in [6, 6.07) is 16.5. The number of rotatable bonds is 5. The molecule has 1 amide bonds. The number of para-hydroxylation sites is 1. The smallest absolute Gasteiger partial charge is 0.339 e. The number of likely N-dealkylation sites (tertiary alicyclic amines) is 1. The Morgan fingerprint density at radius 1 is 0.964 bits per heavy atom. The van der Waals surface area contributed by atoms with E-state index < -0.39 is 12.1 Å². The molecule has 3 rings (SSSR count). The summed E-state index contributed by atoms with van der Waals surface area (Å²) in [5, 5.41) is 0. The summed E-state index contributed by atoms with van der Waals surface area (Å²) < 4.78 is 11.2. The zero-order chi connectivity index (χ0) is 20.1. The van der Waals surface area contributed by atoms with Crippen molar-refractivity contribution in [3.63, 3.8) is 0 Å².